The van der Waals surface area contributed by atoms with Gasteiger partial charge in [-0.2, -0.15) is 0 Å². The van der Waals surface area contributed by atoms with Crippen LogP contribution in [-0.4, -0.2) is 51.9 Å². The van der Waals surface area contributed by atoms with Crippen molar-refractivity contribution in [3.05, 3.63) is 35.4 Å². The number of benzene rings is 1. The van der Waals surface area contributed by atoms with Gasteiger partial charge in [-0.25, -0.2) is 0 Å². The summed E-state index contributed by atoms with van der Waals surface area (Å²) in [5, 5.41) is 9.00. The average molecular weight is 413 g/mol. The predicted molar refractivity (Wildman–Crippen MR) is 114 cm³/mol. The molecule has 4 rings (SSSR count). The second-order valence-electron chi connectivity index (χ2n) is 8.05. The maximum Gasteiger partial charge on any atom is 0.254 e. The molecule has 162 valence electrons. The van der Waals surface area contributed by atoms with E-state index in [4.69, 9.17) is 9.47 Å². The fourth-order valence-corrected chi connectivity index (χ4v) is 4.55. The lowest BCUT2D eigenvalue weighted by atomic mass is 9.96. The highest BCUT2D eigenvalue weighted by atomic mass is 16.5. The zero-order chi connectivity index (χ0) is 20.9. The molecule has 1 atom stereocenters. The number of aromatic nitrogens is 3. The summed E-state index contributed by atoms with van der Waals surface area (Å²) in [6.45, 7) is 7.42. The minimum atomic E-state index is 0.0410. The summed E-state index contributed by atoms with van der Waals surface area (Å²) in [5.41, 5.74) is 0.641. The fraction of sp³-hybridized carbons (Fsp3) is 0.609. The fourth-order valence-electron chi connectivity index (χ4n) is 4.55. The third-order valence-corrected chi connectivity index (χ3v) is 6.00. The third-order valence-electron chi connectivity index (χ3n) is 6.00. The molecule has 2 aliphatic heterocycles. The van der Waals surface area contributed by atoms with Gasteiger partial charge in [-0.1, -0.05) is 6.42 Å². The van der Waals surface area contributed by atoms with Gasteiger partial charge >= 0.3 is 0 Å². The largest absolute Gasteiger partial charge is 0.490 e. The smallest absolute Gasteiger partial charge is 0.254 e. The SMILES string of the molecule is CCOc1ccc(C(=O)N2CCCC(c3nnc4n3CCCCC4)C2)cc1OCC. The minimum absolute atomic E-state index is 0.0410. The van der Waals surface area contributed by atoms with Crippen molar-refractivity contribution in [2.24, 2.45) is 0 Å². The summed E-state index contributed by atoms with van der Waals surface area (Å²) >= 11 is 0. The zero-order valence-corrected chi connectivity index (χ0v) is 18.1. The summed E-state index contributed by atoms with van der Waals surface area (Å²) in [4.78, 5) is 15.2. The van der Waals surface area contributed by atoms with Gasteiger partial charge in [0.25, 0.3) is 5.91 Å². The summed E-state index contributed by atoms with van der Waals surface area (Å²) in [6, 6.07) is 5.48. The minimum Gasteiger partial charge on any atom is -0.490 e. The van der Waals surface area contributed by atoms with Crippen molar-refractivity contribution >= 4 is 5.91 Å². The first kappa shape index (κ1) is 20.7. The number of fused-ring (bicyclic) bond motifs is 1. The number of aryl methyl sites for hydroxylation is 1. The van der Waals surface area contributed by atoms with Gasteiger partial charge in [-0.15, -0.1) is 10.2 Å². The average Bonchev–Trinajstić information content (AvgIpc) is 3.03. The lowest BCUT2D eigenvalue weighted by Gasteiger charge is -2.32. The van der Waals surface area contributed by atoms with E-state index >= 15 is 0 Å². The van der Waals surface area contributed by atoms with E-state index in [1.54, 1.807) is 0 Å². The number of likely N-dealkylation sites (tertiary alicyclic amines) is 1. The molecule has 1 aromatic carbocycles. The van der Waals surface area contributed by atoms with Crippen molar-refractivity contribution in [2.45, 2.75) is 64.8 Å². The van der Waals surface area contributed by atoms with Crippen LogP contribution in [0.5, 0.6) is 11.5 Å². The topological polar surface area (TPSA) is 69.5 Å². The van der Waals surface area contributed by atoms with E-state index in [2.05, 4.69) is 14.8 Å². The van der Waals surface area contributed by atoms with E-state index in [9.17, 15) is 4.79 Å². The van der Waals surface area contributed by atoms with Crippen molar-refractivity contribution in [2.75, 3.05) is 26.3 Å². The Labute approximate surface area is 178 Å². The maximum atomic E-state index is 13.3. The molecular weight excluding hydrogens is 380 g/mol. The Hall–Kier alpha value is -2.57. The molecule has 0 N–H and O–H groups in total. The van der Waals surface area contributed by atoms with Crippen molar-refractivity contribution in [1.29, 1.82) is 0 Å². The van der Waals surface area contributed by atoms with Crippen LogP contribution in [0.25, 0.3) is 0 Å². The van der Waals surface area contributed by atoms with Gasteiger partial charge in [0.15, 0.2) is 11.5 Å². The summed E-state index contributed by atoms with van der Waals surface area (Å²) in [7, 11) is 0. The van der Waals surface area contributed by atoms with Crippen LogP contribution < -0.4 is 9.47 Å². The van der Waals surface area contributed by atoms with E-state index in [0.717, 1.165) is 44.0 Å². The number of carbonyl (C=O) groups excluding carboxylic acids is 1. The van der Waals surface area contributed by atoms with Crippen molar-refractivity contribution in [1.82, 2.24) is 19.7 Å². The molecule has 7 nitrogen and oxygen atoms in total. The molecular formula is C23H32N4O3. The van der Waals surface area contributed by atoms with E-state index in [1.807, 2.05) is 36.9 Å². The molecule has 2 aromatic rings. The molecule has 7 heteroatoms. The normalized spacial score (nSPS) is 19.1. The van der Waals surface area contributed by atoms with Crippen LogP contribution in [0.15, 0.2) is 18.2 Å². The Morgan fingerprint density at radius 1 is 1.03 bits per heavy atom. The van der Waals surface area contributed by atoms with Gasteiger partial charge in [0.2, 0.25) is 0 Å². The number of hydrogen-bond acceptors (Lipinski definition) is 5. The highest BCUT2D eigenvalue weighted by Gasteiger charge is 2.30. The first-order chi connectivity index (χ1) is 14.7. The van der Waals surface area contributed by atoms with E-state index < -0.39 is 0 Å². The Kier molecular flexibility index (Phi) is 6.55. The molecule has 1 unspecified atom stereocenters. The molecule has 2 aliphatic rings. The maximum absolute atomic E-state index is 13.3. The van der Waals surface area contributed by atoms with E-state index in [-0.39, 0.29) is 11.8 Å². The third kappa shape index (κ3) is 4.30. The molecule has 1 fully saturated rings. The predicted octanol–water partition coefficient (Wildman–Crippen LogP) is 3.82. The second-order valence-corrected chi connectivity index (χ2v) is 8.05. The van der Waals surface area contributed by atoms with Crippen molar-refractivity contribution in [3.8, 4) is 11.5 Å². The highest BCUT2D eigenvalue weighted by Crippen LogP contribution is 2.31. The number of nitrogens with zero attached hydrogens (tertiary/aromatic N) is 4. The highest BCUT2D eigenvalue weighted by molar-refractivity contribution is 5.95. The first-order valence-electron chi connectivity index (χ1n) is 11.3. The number of hydrogen-bond donors (Lipinski definition) is 0. The molecule has 1 aromatic heterocycles. The molecule has 0 aliphatic carbocycles. The molecule has 30 heavy (non-hydrogen) atoms. The zero-order valence-electron chi connectivity index (χ0n) is 18.1. The molecule has 0 radical (unpaired) electrons. The Balaban J connectivity index is 1.51. The van der Waals surface area contributed by atoms with E-state index in [1.165, 1.54) is 19.3 Å². The number of piperidine rings is 1. The second kappa shape index (κ2) is 9.49. The number of rotatable bonds is 6. The van der Waals surface area contributed by atoms with Crippen molar-refractivity contribution in [3.63, 3.8) is 0 Å². The van der Waals surface area contributed by atoms with Gasteiger partial charge < -0.3 is 18.9 Å². The number of ether oxygens (including phenoxy) is 2. The van der Waals surface area contributed by atoms with Crippen molar-refractivity contribution < 1.29 is 14.3 Å². The van der Waals surface area contributed by atoms with Crippen LogP contribution in [-0.2, 0) is 13.0 Å². The van der Waals surface area contributed by atoms with Gasteiger partial charge in [0.05, 0.1) is 13.2 Å². The first-order valence-corrected chi connectivity index (χ1v) is 11.3. The molecule has 1 amide bonds. The van der Waals surface area contributed by atoms with Gasteiger partial charge in [-0.05, 0) is 57.7 Å². The molecule has 3 heterocycles. The number of carbonyl (C=O) groups is 1. The standard InChI is InChI=1S/C23H32N4O3/c1-3-29-19-12-11-17(15-20(19)30-4-2)23(28)26-13-8-9-18(16-26)22-25-24-21-10-6-5-7-14-27(21)22/h11-12,15,18H,3-10,13-14,16H2,1-2H3. The summed E-state index contributed by atoms with van der Waals surface area (Å²) in [5.74, 6) is 3.76. The summed E-state index contributed by atoms with van der Waals surface area (Å²) < 4.78 is 13.7. The molecule has 0 spiro atoms. The lowest BCUT2D eigenvalue weighted by molar-refractivity contribution is 0.0702. The lowest BCUT2D eigenvalue weighted by Crippen LogP contribution is -2.39. The van der Waals surface area contributed by atoms with Gasteiger partial charge in [0, 0.05) is 37.5 Å². The van der Waals surface area contributed by atoms with Crippen LogP contribution in [0.3, 0.4) is 0 Å². The van der Waals surface area contributed by atoms with Crippen LogP contribution >= 0.6 is 0 Å². The molecule has 1 saturated heterocycles. The quantitative estimate of drug-likeness (QED) is 0.721. The van der Waals surface area contributed by atoms with Crippen LogP contribution in [0, 0.1) is 0 Å². The van der Waals surface area contributed by atoms with Crippen LogP contribution in [0.4, 0.5) is 0 Å². The molecule has 0 bridgehead atoms. The Morgan fingerprint density at radius 2 is 1.87 bits per heavy atom. The Bertz CT molecular complexity index is 879. The monoisotopic (exact) mass is 412 g/mol. The van der Waals surface area contributed by atoms with Crippen LogP contribution in [0.2, 0.25) is 0 Å². The van der Waals surface area contributed by atoms with Gasteiger partial charge in [0.1, 0.15) is 11.6 Å². The number of amides is 1. The molecule has 0 saturated carbocycles. The summed E-state index contributed by atoms with van der Waals surface area (Å²) in [6.07, 6.45) is 6.66. The van der Waals surface area contributed by atoms with E-state index in [0.29, 0.717) is 36.8 Å². The Morgan fingerprint density at radius 3 is 2.70 bits per heavy atom. The van der Waals surface area contributed by atoms with Crippen LogP contribution in [0.1, 0.15) is 73.9 Å². The van der Waals surface area contributed by atoms with Gasteiger partial charge in [-0.3, -0.25) is 4.79 Å².